The molecule has 1 aliphatic rings. The van der Waals surface area contributed by atoms with Crippen LogP contribution in [0.5, 0.6) is 0 Å². The Hall–Kier alpha value is -1.49. The van der Waals surface area contributed by atoms with Crippen molar-refractivity contribution in [3.05, 3.63) is 24.0 Å². The zero-order valence-corrected chi connectivity index (χ0v) is 15.2. The summed E-state index contributed by atoms with van der Waals surface area (Å²) in [6.07, 6.45) is 3.77. The van der Waals surface area contributed by atoms with Crippen molar-refractivity contribution in [2.45, 2.75) is 58.4 Å². The van der Waals surface area contributed by atoms with Crippen LogP contribution in [0.3, 0.4) is 0 Å². The van der Waals surface area contributed by atoms with Gasteiger partial charge in [0.05, 0.1) is 11.0 Å². The molecule has 1 aliphatic carbocycles. The second-order valence-corrected chi connectivity index (χ2v) is 8.03. The quantitative estimate of drug-likeness (QED) is 0.817. The predicted octanol–water partition coefficient (Wildman–Crippen LogP) is 4.41. The first-order valence-electron chi connectivity index (χ1n) is 8.03. The number of hydrogen-bond acceptors (Lipinski definition) is 3. The zero-order valence-electron chi connectivity index (χ0n) is 14.3. The molecule has 126 valence electrons. The number of carbonyl (C=O) groups is 1. The molecular weight excluding hydrogens is 308 g/mol. The maximum atomic E-state index is 9.00. The molecule has 0 saturated heterocycles. The molecule has 1 fully saturated rings. The van der Waals surface area contributed by atoms with Gasteiger partial charge in [0.2, 0.25) is 0 Å². The molecule has 0 atom stereocenters. The van der Waals surface area contributed by atoms with Crippen LogP contribution in [-0.2, 0) is 17.8 Å². The summed E-state index contributed by atoms with van der Waals surface area (Å²) in [7, 11) is 0. The van der Waals surface area contributed by atoms with Crippen LogP contribution < -0.4 is 0 Å². The van der Waals surface area contributed by atoms with E-state index in [4.69, 9.17) is 14.9 Å². The molecule has 1 aromatic carbocycles. The summed E-state index contributed by atoms with van der Waals surface area (Å²) in [5.74, 6) is 1.26. The molecule has 4 nitrogen and oxygen atoms in total. The van der Waals surface area contributed by atoms with Crippen LogP contribution in [-0.4, -0.2) is 20.6 Å². The molecule has 1 aromatic heterocycles. The van der Waals surface area contributed by atoms with Gasteiger partial charge in [-0.05, 0) is 42.4 Å². The van der Waals surface area contributed by atoms with Crippen LogP contribution >= 0.6 is 12.6 Å². The van der Waals surface area contributed by atoms with E-state index in [0.29, 0.717) is 0 Å². The topological polar surface area (TPSA) is 55.1 Å². The monoisotopic (exact) mass is 334 g/mol. The van der Waals surface area contributed by atoms with Gasteiger partial charge in [-0.15, -0.1) is 12.6 Å². The van der Waals surface area contributed by atoms with Crippen LogP contribution in [0.25, 0.3) is 11.0 Å². The molecule has 0 bridgehead atoms. The number of nitrogens with zero attached hydrogens (tertiary/aromatic N) is 2. The third-order valence-corrected chi connectivity index (χ3v) is 3.92. The molecule has 0 spiro atoms. The first-order valence-corrected chi connectivity index (χ1v) is 8.48. The van der Waals surface area contributed by atoms with Gasteiger partial charge >= 0.3 is 0 Å². The molecule has 23 heavy (non-hydrogen) atoms. The normalized spacial score (nSPS) is 14.5. The maximum absolute atomic E-state index is 9.00. The standard InChI is InChI=1S/C16H22N2S.C2H4O2/c1-16(2,3)9-15-17-13-8-12(19)6-7-14(13)18(15)10-11-4-5-11;1-2(3)4/h6-8,11,19H,4-5,9-10H2,1-3H3;1H3,(H,3,4). The zero-order chi connectivity index (χ0) is 17.2. The molecule has 1 heterocycles. The fourth-order valence-electron chi connectivity index (χ4n) is 2.54. The number of fused-ring (bicyclic) bond motifs is 1. The van der Waals surface area contributed by atoms with E-state index in [9.17, 15) is 0 Å². The van der Waals surface area contributed by atoms with Gasteiger partial charge < -0.3 is 9.67 Å². The molecule has 2 aromatic rings. The fourth-order valence-corrected chi connectivity index (χ4v) is 2.74. The van der Waals surface area contributed by atoms with Crippen molar-refractivity contribution in [3.63, 3.8) is 0 Å². The summed E-state index contributed by atoms with van der Waals surface area (Å²) < 4.78 is 2.44. The van der Waals surface area contributed by atoms with E-state index in [2.05, 4.69) is 56.2 Å². The maximum Gasteiger partial charge on any atom is 0.300 e. The number of carboxylic acids is 1. The van der Waals surface area contributed by atoms with Gasteiger partial charge in [-0.25, -0.2) is 4.98 Å². The highest BCUT2D eigenvalue weighted by Crippen LogP contribution is 2.34. The molecule has 0 aliphatic heterocycles. The van der Waals surface area contributed by atoms with E-state index in [0.717, 1.165) is 36.2 Å². The lowest BCUT2D eigenvalue weighted by molar-refractivity contribution is -0.134. The number of aromatic nitrogens is 2. The van der Waals surface area contributed by atoms with Crippen molar-refractivity contribution in [2.24, 2.45) is 11.3 Å². The number of thiol groups is 1. The first kappa shape index (κ1) is 17.9. The lowest BCUT2D eigenvalue weighted by Gasteiger charge is -2.18. The highest BCUT2D eigenvalue weighted by Gasteiger charge is 2.25. The molecule has 3 rings (SSSR count). The SMILES string of the molecule is CC(=O)O.CC(C)(C)Cc1nc2cc(S)ccc2n1CC1CC1. The first-order chi connectivity index (χ1) is 10.7. The van der Waals surface area contributed by atoms with E-state index in [-0.39, 0.29) is 5.41 Å². The minimum absolute atomic E-state index is 0.270. The Bertz CT molecular complexity index is 693. The van der Waals surface area contributed by atoms with Gasteiger partial charge in [0.15, 0.2) is 0 Å². The average Bonchev–Trinajstić information content (AvgIpc) is 3.12. The van der Waals surface area contributed by atoms with E-state index < -0.39 is 5.97 Å². The van der Waals surface area contributed by atoms with Crippen LogP contribution in [0.1, 0.15) is 46.4 Å². The van der Waals surface area contributed by atoms with Crippen molar-refractivity contribution in [2.75, 3.05) is 0 Å². The number of carboxylic acid groups (broad SMARTS) is 1. The van der Waals surface area contributed by atoms with Crippen LogP contribution in [0, 0.1) is 11.3 Å². The van der Waals surface area contributed by atoms with Gasteiger partial charge in [-0.2, -0.15) is 0 Å². The van der Waals surface area contributed by atoms with E-state index in [1.807, 2.05) is 0 Å². The van der Waals surface area contributed by atoms with E-state index >= 15 is 0 Å². The highest BCUT2D eigenvalue weighted by molar-refractivity contribution is 7.80. The van der Waals surface area contributed by atoms with Gasteiger partial charge in [0.25, 0.3) is 5.97 Å². The Kier molecular flexibility index (Phi) is 5.40. The molecule has 0 unspecified atom stereocenters. The lowest BCUT2D eigenvalue weighted by atomic mass is 9.92. The Morgan fingerprint density at radius 1 is 1.39 bits per heavy atom. The number of aliphatic carboxylic acids is 1. The van der Waals surface area contributed by atoms with Gasteiger partial charge in [0.1, 0.15) is 5.82 Å². The van der Waals surface area contributed by atoms with Gasteiger partial charge in [0, 0.05) is 24.8 Å². The van der Waals surface area contributed by atoms with Crippen molar-refractivity contribution in [1.82, 2.24) is 9.55 Å². The van der Waals surface area contributed by atoms with E-state index in [1.54, 1.807) is 0 Å². The van der Waals surface area contributed by atoms with Crippen LogP contribution in [0.4, 0.5) is 0 Å². The highest BCUT2D eigenvalue weighted by atomic mass is 32.1. The Balaban J connectivity index is 0.000000433. The second kappa shape index (κ2) is 6.95. The summed E-state index contributed by atoms with van der Waals surface area (Å²) in [5.41, 5.74) is 2.63. The largest absolute Gasteiger partial charge is 0.481 e. The summed E-state index contributed by atoms with van der Waals surface area (Å²) in [6.45, 7) is 9.04. The number of imidazole rings is 1. The van der Waals surface area contributed by atoms with E-state index in [1.165, 1.54) is 24.2 Å². The predicted molar refractivity (Wildman–Crippen MR) is 96.2 cm³/mol. The summed E-state index contributed by atoms with van der Waals surface area (Å²) in [6, 6.07) is 6.31. The van der Waals surface area contributed by atoms with Crippen molar-refractivity contribution in [3.8, 4) is 0 Å². The average molecular weight is 334 g/mol. The Morgan fingerprint density at radius 2 is 2.00 bits per heavy atom. The van der Waals surface area contributed by atoms with Crippen molar-refractivity contribution >= 4 is 29.6 Å². The molecule has 0 radical (unpaired) electrons. The number of benzene rings is 1. The minimum atomic E-state index is -0.833. The summed E-state index contributed by atoms with van der Waals surface area (Å²) in [5, 5.41) is 7.42. The van der Waals surface area contributed by atoms with Crippen molar-refractivity contribution < 1.29 is 9.90 Å². The Labute approximate surface area is 143 Å². The molecular formula is C18H26N2O2S. The summed E-state index contributed by atoms with van der Waals surface area (Å²) in [4.78, 5) is 14.8. The fraction of sp³-hybridized carbons (Fsp3) is 0.556. The van der Waals surface area contributed by atoms with Gasteiger partial charge in [-0.1, -0.05) is 20.8 Å². The lowest BCUT2D eigenvalue weighted by Crippen LogP contribution is -2.15. The second-order valence-electron chi connectivity index (χ2n) is 7.51. The molecule has 5 heteroatoms. The third-order valence-electron chi connectivity index (χ3n) is 3.64. The number of rotatable bonds is 3. The Morgan fingerprint density at radius 3 is 2.52 bits per heavy atom. The van der Waals surface area contributed by atoms with Crippen molar-refractivity contribution in [1.29, 1.82) is 0 Å². The third kappa shape index (κ3) is 5.57. The molecule has 0 amide bonds. The molecule has 1 N–H and O–H groups in total. The van der Waals surface area contributed by atoms with Gasteiger partial charge in [-0.3, -0.25) is 4.79 Å². The molecule has 1 saturated carbocycles. The van der Waals surface area contributed by atoms with Crippen LogP contribution in [0.2, 0.25) is 0 Å². The number of hydrogen-bond donors (Lipinski definition) is 2. The minimum Gasteiger partial charge on any atom is -0.481 e. The summed E-state index contributed by atoms with van der Waals surface area (Å²) >= 11 is 4.42. The van der Waals surface area contributed by atoms with Crippen LogP contribution in [0.15, 0.2) is 23.1 Å². The smallest absolute Gasteiger partial charge is 0.300 e.